The van der Waals surface area contributed by atoms with E-state index in [4.69, 9.17) is 0 Å². The Hall–Kier alpha value is -0.900. The zero-order valence-electron chi connectivity index (χ0n) is 10.6. The molecule has 96 valence electrons. The van der Waals surface area contributed by atoms with E-state index in [9.17, 15) is 9.59 Å². The summed E-state index contributed by atoms with van der Waals surface area (Å²) in [6.07, 6.45) is 5.73. The first-order chi connectivity index (χ1) is 8.22. The van der Waals surface area contributed by atoms with Crippen molar-refractivity contribution in [1.82, 2.24) is 10.2 Å². The Kier molecular flexibility index (Phi) is 4.15. The predicted molar refractivity (Wildman–Crippen MR) is 65.7 cm³/mol. The van der Waals surface area contributed by atoms with E-state index in [1.807, 2.05) is 0 Å². The van der Waals surface area contributed by atoms with Crippen molar-refractivity contribution in [2.24, 2.45) is 0 Å². The molecular weight excluding hydrogens is 216 g/mol. The molecule has 2 saturated heterocycles. The lowest BCUT2D eigenvalue weighted by Gasteiger charge is -2.40. The lowest BCUT2D eigenvalue weighted by molar-refractivity contribution is -0.137. The number of hydrogen-bond acceptors (Lipinski definition) is 3. The minimum absolute atomic E-state index is 0.00269. The smallest absolute Gasteiger partial charge is 0.237 e. The summed E-state index contributed by atoms with van der Waals surface area (Å²) < 4.78 is 0. The molecular formula is C13H22N2O2. The van der Waals surface area contributed by atoms with E-state index in [0.717, 1.165) is 45.2 Å². The molecule has 2 rings (SSSR count). The van der Waals surface area contributed by atoms with Crippen molar-refractivity contribution in [2.75, 3.05) is 13.1 Å². The average molecular weight is 238 g/mol. The van der Waals surface area contributed by atoms with Crippen molar-refractivity contribution in [2.45, 2.75) is 57.5 Å². The third kappa shape index (κ3) is 2.86. The predicted octanol–water partition coefficient (Wildman–Crippen LogP) is 1.10. The largest absolute Gasteiger partial charge is 0.344 e. The molecule has 2 aliphatic rings. The van der Waals surface area contributed by atoms with Gasteiger partial charge in [0, 0.05) is 13.0 Å². The van der Waals surface area contributed by atoms with Gasteiger partial charge in [-0.15, -0.1) is 0 Å². The summed E-state index contributed by atoms with van der Waals surface area (Å²) in [4.78, 5) is 26.0. The first-order valence-electron chi connectivity index (χ1n) is 6.79. The normalized spacial score (nSPS) is 33.8. The quantitative estimate of drug-likeness (QED) is 0.801. The van der Waals surface area contributed by atoms with E-state index in [2.05, 4.69) is 17.1 Å². The van der Waals surface area contributed by atoms with Crippen LogP contribution in [0.15, 0.2) is 0 Å². The third-order valence-electron chi connectivity index (χ3n) is 3.82. The number of ketones is 1. The standard InChI is InChI=1S/C13H22N2O2/c1-2-3-6-11-13(17)14-10-9-15(11)8-5-4-7-12(10)16/h10-11H,2-9H2,1H3,(H,14,17)/t10-,11+/m1/s1. The molecule has 0 aromatic heterocycles. The summed E-state index contributed by atoms with van der Waals surface area (Å²) in [5.41, 5.74) is 0. The molecule has 0 aromatic rings. The molecule has 0 saturated carbocycles. The fourth-order valence-corrected chi connectivity index (χ4v) is 2.77. The van der Waals surface area contributed by atoms with Crippen molar-refractivity contribution >= 4 is 11.7 Å². The highest BCUT2D eigenvalue weighted by Gasteiger charge is 2.37. The molecule has 1 amide bonds. The van der Waals surface area contributed by atoms with Crippen LogP contribution in [0.4, 0.5) is 0 Å². The topological polar surface area (TPSA) is 49.4 Å². The molecule has 0 aromatic carbocycles. The molecule has 3 atom stereocenters. The van der Waals surface area contributed by atoms with Crippen LogP contribution in [0.1, 0.15) is 45.4 Å². The van der Waals surface area contributed by atoms with E-state index in [1.54, 1.807) is 0 Å². The number of unbranched alkanes of at least 4 members (excludes halogenated alkanes) is 1. The Morgan fingerprint density at radius 2 is 2.18 bits per heavy atom. The van der Waals surface area contributed by atoms with Crippen LogP contribution in [-0.4, -0.2) is 41.8 Å². The van der Waals surface area contributed by atoms with E-state index in [-0.39, 0.29) is 23.8 Å². The van der Waals surface area contributed by atoms with Crippen molar-refractivity contribution in [1.29, 1.82) is 0 Å². The molecule has 1 unspecified atom stereocenters. The summed E-state index contributed by atoms with van der Waals surface area (Å²) in [7, 11) is 0. The molecule has 17 heavy (non-hydrogen) atoms. The van der Waals surface area contributed by atoms with Gasteiger partial charge in [-0.25, -0.2) is 0 Å². The van der Waals surface area contributed by atoms with Crippen LogP contribution in [0, 0.1) is 0 Å². The molecule has 0 aliphatic carbocycles. The molecule has 2 heterocycles. The maximum Gasteiger partial charge on any atom is 0.237 e. The fraction of sp³-hybridized carbons (Fsp3) is 0.846. The van der Waals surface area contributed by atoms with Crippen LogP contribution in [0.3, 0.4) is 0 Å². The van der Waals surface area contributed by atoms with Crippen LogP contribution < -0.4 is 5.32 Å². The Morgan fingerprint density at radius 3 is 2.94 bits per heavy atom. The second-order valence-electron chi connectivity index (χ2n) is 5.14. The summed E-state index contributed by atoms with van der Waals surface area (Å²) in [6, 6.07) is -0.252. The van der Waals surface area contributed by atoms with Crippen LogP contribution in [0.5, 0.6) is 0 Å². The number of piperazine rings is 1. The Labute approximate surface area is 103 Å². The number of hydrogen-bond donors (Lipinski definition) is 1. The molecule has 2 fully saturated rings. The molecule has 2 bridgehead atoms. The number of carbonyl (C=O) groups excluding carboxylic acids is 2. The summed E-state index contributed by atoms with van der Waals surface area (Å²) in [6.45, 7) is 3.82. The van der Waals surface area contributed by atoms with Crippen molar-refractivity contribution in [3.63, 3.8) is 0 Å². The van der Waals surface area contributed by atoms with Gasteiger partial charge in [0.2, 0.25) is 5.91 Å². The maximum absolute atomic E-state index is 12.0. The highest BCUT2D eigenvalue weighted by atomic mass is 16.2. The Balaban J connectivity index is 2.05. The summed E-state index contributed by atoms with van der Waals surface area (Å²) in [5, 5.41) is 2.89. The first kappa shape index (κ1) is 12.6. The molecule has 4 nitrogen and oxygen atoms in total. The highest BCUT2D eigenvalue weighted by molar-refractivity contribution is 5.92. The average Bonchev–Trinajstić information content (AvgIpc) is 2.31. The second-order valence-corrected chi connectivity index (χ2v) is 5.14. The fourth-order valence-electron chi connectivity index (χ4n) is 2.77. The van der Waals surface area contributed by atoms with E-state index < -0.39 is 0 Å². The second kappa shape index (κ2) is 5.63. The van der Waals surface area contributed by atoms with Crippen LogP contribution >= 0.6 is 0 Å². The number of nitrogens with zero attached hydrogens (tertiary/aromatic N) is 1. The van der Waals surface area contributed by atoms with Crippen molar-refractivity contribution in [3.8, 4) is 0 Å². The number of nitrogens with one attached hydrogen (secondary N) is 1. The van der Waals surface area contributed by atoms with Gasteiger partial charge in [0.15, 0.2) is 5.78 Å². The van der Waals surface area contributed by atoms with Gasteiger partial charge in [0.1, 0.15) is 6.04 Å². The van der Waals surface area contributed by atoms with Gasteiger partial charge >= 0.3 is 0 Å². The Bertz CT molecular complexity index is 304. The minimum atomic E-state index is -0.249. The van der Waals surface area contributed by atoms with Gasteiger partial charge in [-0.3, -0.25) is 14.5 Å². The van der Waals surface area contributed by atoms with Gasteiger partial charge < -0.3 is 5.32 Å². The molecule has 2 aliphatic heterocycles. The molecule has 4 heteroatoms. The van der Waals surface area contributed by atoms with Crippen molar-refractivity contribution < 1.29 is 9.59 Å². The van der Waals surface area contributed by atoms with Gasteiger partial charge in [-0.1, -0.05) is 19.8 Å². The highest BCUT2D eigenvalue weighted by Crippen LogP contribution is 2.19. The first-order valence-corrected chi connectivity index (χ1v) is 6.79. The van der Waals surface area contributed by atoms with Crippen molar-refractivity contribution in [3.05, 3.63) is 0 Å². The van der Waals surface area contributed by atoms with Gasteiger partial charge in [0.25, 0.3) is 0 Å². The molecule has 0 radical (unpaired) electrons. The monoisotopic (exact) mass is 238 g/mol. The summed E-state index contributed by atoms with van der Waals surface area (Å²) >= 11 is 0. The number of Topliss-reactive ketones (excluding diaryl/α,β-unsaturated/α-hetero) is 1. The van der Waals surface area contributed by atoms with E-state index in [1.165, 1.54) is 0 Å². The molecule has 0 spiro atoms. The van der Waals surface area contributed by atoms with Gasteiger partial charge in [-0.2, -0.15) is 0 Å². The van der Waals surface area contributed by atoms with Crippen LogP contribution in [0.2, 0.25) is 0 Å². The lowest BCUT2D eigenvalue weighted by Crippen LogP contribution is -2.62. The summed E-state index contributed by atoms with van der Waals surface area (Å²) in [5.74, 6) is 0.266. The number of fused-ring (bicyclic) bond motifs is 2. The van der Waals surface area contributed by atoms with E-state index >= 15 is 0 Å². The zero-order chi connectivity index (χ0) is 12.3. The minimum Gasteiger partial charge on any atom is -0.344 e. The maximum atomic E-state index is 12.0. The van der Waals surface area contributed by atoms with Gasteiger partial charge in [0.05, 0.1) is 6.04 Å². The third-order valence-corrected chi connectivity index (χ3v) is 3.82. The zero-order valence-corrected chi connectivity index (χ0v) is 10.6. The molecule has 1 N–H and O–H groups in total. The van der Waals surface area contributed by atoms with Gasteiger partial charge in [-0.05, 0) is 25.8 Å². The van der Waals surface area contributed by atoms with E-state index in [0.29, 0.717) is 6.42 Å². The Morgan fingerprint density at radius 1 is 1.35 bits per heavy atom. The SMILES string of the molecule is CCCC[C@H]1C(=O)N[C@@H]2CN1CCCCC2=O. The van der Waals surface area contributed by atoms with Crippen LogP contribution in [0.25, 0.3) is 0 Å². The number of amides is 1. The lowest BCUT2D eigenvalue weighted by atomic mass is 9.96. The number of carbonyl (C=O) groups is 2. The number of rotatable bonds is 3. The van der Waals surface area contributed by atoms with Crippen LogP contribution in [-0.2, 0) is 9.59 Å².